The van der Waals surface area contributed by atoms with Crippen LogP contribution in [0.25, 0.3) is 16.8 Å². The Kier molecular flexibility index (Phi) is 7.62. The number of nitriles is 1. The molecule has 10 nitrogen and oxygen atoms in total. The number of carboxylic acid groups (broad SMARTS) is 1. The van der Waals surface area contributed by atoms with Crippen LogP contribution < -0.4 is 16.0 Å². The van der Waals surface area contributed by atoms with Crippen LogP contribution in [-0.2, 0) is 11.3 Å². The first kappa shape index (κ1) is 24.2. The standard InChI is InChI=1S/C23H20Cl2N8O2/c24-15-2-3-17(18(25)7-15)19-13-33-20(8-16(32-33)11-27-12-22(34)35)23(31-19)29-6-5-28-21-4-1-14(9-26)10-30-21/h1-4,7-8,10,13,27H,5-6,11-12H2,(H,28,30)(H,29,31)(H,34,35). The van der Waals surface area contributed by atoms with Crippen molar-refractivity contribution in [2.75, 3.05) is 30.3 Å². The molecular formula is C23H20Cl2N8O2. The molecule has 0 saturated heterocycles. The fourth-order valence-corrected chi connectivity index (χ4v) is 3.83. The van der Waals surface area contributed by atoms with Crippen LogP contribution in [0, 0.1) is 11.3 Å². The van der Waals surface area contributed by atoms with Gasteiger partial charge in [-0.05, 0) is 36.4 Å². The van der Waals surface area contributed by atoms with Crippen LogP contribution in [0.2, 0.25) is 10.0 Å². The Morgan fingerprint density at radius 2 is 1.97 bits per heavy atom. The Hall–Kier alpha value is -3.91. The van der Waals surface area contributed by atoms with E-state index in [9.17, 15) is 4.79 Å². The first-order chi connectivity index (χ1) is 16.9. The second-order valence-corrected chi connectivity index (χ2v) is 8.30. The lowest BCUT2D eigenvalue weighted by atomic mass is 10.1. The van der Waals surface area contributed by atoms with Gasteiger partial charge in [0.1, 0.15) is 17.4 Å². The second-order valence-electron chi connectivity index (χ2n) is 7.46. The number of benzene rings is 1. The number of carbonyl (C=O) groups is 1. The minimum absolute atomic E-state index is 0.169. The minimum atomic E-state index is -0.943. The van der Waals surface area contributed by atoms with Crippen molar-refractivity contribution < 1.29 is 9.90 Å². The van der Waals surface area contributed by atoms with Crippen molar-refractivity contribution in [3.63, 3.8) is 0 Å². The number of carboxylic acids is 1. The normalized spacial score (nSPS) is 10.8. The highest BCUT2D eigenvalue weighted by Gasteiger charge is 2.14. The molecule has 4 rings (SSSR count). The van der Waals surface area contributed by atoms with Gasteiger partial charge in [-0.2, -0.15) is 10.4 Å². The molecule has 0 aliphatic rings. The summed E-state index contributed by atoms with van der Waals surface area (Å²) in [6, 6.07) is 12.5. The Morgan fingerprint density at radius 3 is 2.69 bits per heavy atom. The number of anilines is 2. The van der Waals surface area contributed by atoms with E-state index in [-0.39, 0.29) is 13.1 Å². The molecule has 0 aliphatic heterocycles. The summed E-state index contributed by atoms with van der Waals surface area (Å²) < 4.78 is 1.68. The maximum Gasteiger partial charge on any atom is 0.317 e. The van der Waals surface area contributed by atoms with Crippen LogP contribution >= 0.6 is 23.2 Å². The number of aliphatic carboxylic acids is 1. The third-order valence-corrected chi connectivity index (χ3v) is 5.46. The number of pyridine rings is 1. The molecule has 0 radical (unpaired) electrons. The molecule has 0 aliphatic carbocycles. The summed E-state index contributed by atoms with van der Waals surface area (Å²) in [5, 5.41) is 32.6. The highest BCUT2D eigenvalue weighted by Crippen LogP contribution is 2.31. The highest BCUT2D eigenvalue weighted by molar-refractivity contribution is 6.36. The SMILES string of the molecule is N#Cc1ccc(NCCNc2nc(-c3ccc(Cl)cc3Cl)cn3nc(CNCC(=O)O)cc23)nc1. The predicted molar refractivity (Wildman–Crippen MR) is 134 cm³/mol. The largest absolute Gasteiger partial charge is 0.480 e. The molecule has 3 heterocycles. The molecule has 0 saturated carbocycles. The molecule has 1 aromatic carbocycles. The Labute approximate surface area is 210 Å². The highest BCUT2D eigenvalue weighted by atomic mass is 35.5. The van der Waals surface area contributed by atoms with Crippen molar-refractivity contribution in [1.29, 1.82) is 5.26 Å². The summed E-state index contributed by atoms with van der Waals surface area (Å²) in [5.74, 6) is 0.295. The summed E-state index contributed by atoms with van der Waals surface area (Å²) in [6.07, 6.45) is 3.27. The molecule has 4 aromatic rings. The molecule has 4 N–H and O–H groups in total. The fraction of sp³-hybridized carbons (Fsp3) is 0.174. The van der Waals surface area contributed by atoms with Crippen molar-refractivity contribution in [2.24, 2.45) is 0 Å². The number of rotatable bonds is 10. The van der Waals surface area contributed by atoms with Gasteiger partial charge in [-0.3, -0.25) is 4.79 Å². The predicted octanol–water partition coefficient (Wildman–Crippen LogP) is 3.67. The molecule has 12 heteroatoms. The number of nitrogens with one attached hydrogen (secondary N) is 3. The van der Waals surface area contributed by atoms with Crippen LogP contribution in [0.1, 0.15) is 11.3 Å². The zero-order valence-corrected chi connectivity index (χ0v) is 19.8. The van der Waals surface area contributed by atoms with Gasteiger partial charge in [0.2, 0.25) is 0 Å². The van der Waals surface area contributed by atoms with Crippen molar-refractivity contribution >= 4 is 46.3 Å². The van der Waals surface area contributed by atoms with Gasteiger partial charge in [0.05, 0.1) is 34.7 Å². The molecule has 35 heavy (non-hydrogen) atoms. The lowest BCUT2D eigenvalue weighted by Gasteiger charge is -2.12. The molecule has 0 amide bonds. The van der Waals surface area contributed by atoms with Gasteiger partial charge in [0, 0.05) is 36.4 Å². The van der Waals surface area contributed by atoms with E-state index in [1.54, 1.807) is 41.0 Å². The van der Waals surface area contributed by atoms with Gasteiger partial charge in [0.25, 0.3) is 0 Å². The fourth-order valence-electron chi connectivity index (χ4n) is 3.32. The Balaban J connectivity index is 1.56. The van der Waals surface area contributed by atoms with Crippen molar-refractivity contribution in [3.8, 4) is 17.3 Å². The van der Waals surface area contributed by atoms with Crippen LogP contribution in [0.3, 0.4) is 0 Å². The van der Waals surface area contributed by atoms with E-state index in [0.717, 1.165) is 5.52 Å². The first-order valence-corrected chi connectivity index (χ1v) is 11.3. The average Bonchev–Trinajstić information content (AvgIpc) is 3.25. The maximum absolute atomic E-state index is 10.8. The number of hydrogen-bond acceptors (Lipinski definition) is 8. The summed E-state index contributed by atoms with van der Waals surface area (Å²) >= 11 is 12.5. The van der Waals surface area contributed by atoms with Crippen LogP contribution in [-0.4, -0.2) is 50.3 Å². The van der Waals surface area contributed by atoms with E-state index in [1.165, 1.54) is 6.20 Å². The third-order valence-electron chi connectivity index (χ3n) is 4.91. The number of halogens is 2. The minimum Gasteiger partial charge on any atom is -0.480 e. The molecule has 178 valence electrons. The van der Waals surface area contributed by atoms with Crippen LogP contribution in [0.4, 0.5) is 11.6 Å². The van der Waals surface area contributed by atoms with Crippen molar-refractivity contribution in [3.05, 3.63) is 70.1 Å². The average molecular weight is 511 g/mol. The lowest BCUT2D eigenvalue weighted by molar-refractivity contribution is -0.136. The smallest absolute Gasteiger partial charge is 0.317 e. The Bertz CT molecular complexity index is 1400. The van der Waals surface area contributed by atoms with E-state index in [0.29, 0.717) is 57.3 Å². The Morgan fingerprint density at radius 1 is 1.14 bits per heavy atom. The first-order valence-electron chi connectivity index (χ1n) is 10.5. The van der Waals surface area contributed by atoms with E-state index >= 15 is 0 Å². The van der Waals surface area contributed by atoms with Gasteiger partial charge in [-0.25, -0.2) is 14.5 Å². The van der Waals surface area contributed by atoms with Gasteiger partial charge in [-0.15, -0.1) is 0 Å². The van der Waals surface area contributed by atoms with Crippen LogP contribution in [0.5, 0.6) is 0 Å². The van der Waals surface area contributed by atoms with Crippen molar-refractivity contribution in [2.45, 2.75) is 6.54 Å². The quantitative estimate of drug-likeness (QED) is 0.235. The van der Waals surface area contributed by atoms with Gasteiger partial charge >= 0.3 is 5.97 Å². The van der Waals surface area contributed by atoms with Crippen LogP contribution in [0.15, 0.2) is 48.8 Å². The van der Waals surface area contributed by atoms with E-state index < -0.39 is 5.97 Å². The van der Waals surface area contributed by atoms with E-state index in [4.69, 9.17) is 38.6 Å². The summed E-state index contributed by atoms with van der Waals surface area (Å²) in [7, 11) is 0. The number of fused-ring (bicyclic) bond motifs is 1. The third kappa shape index (κ3) is 6.16. The molecule has 0 atom stereocenters. The zero-order valence-electron chi connectivity index (χ0n) is 18.3. The topological polar surface area (TPSA) is 140 Å². The summed E-state index contributed by atoms with van der Waals surface area (Å²) in [4.78, 5) is 19.8. The lowest BCUT2D eigenvalue weighted by Crippen LogP contribution is -2.22. The van der Waals surface area contributed by atoms with Gasteiger partial charge < -0.3 is 21.1 Å². The van der Waals surface area contributed by atoms with Crippen molar-refractivity contribution in [1.82, 2.24) is 24.9 Å². The zero-order chi connectivity index (χ0) is 24.8. The monoisotopic (exact) mass is 510 g/mol. The molecular weight excluding hydrogens is 491 g/mol. The number of hydrogen-bond donors (Lipinski definition) is 4. The van der Waals surface area contributed by atoms with E-state index in [1.807, 2.05) is 12.1 Å². The second kappa shape index (κ2) is 11.0. The molecule has 3 aromatic heterocycles. The van der Waals surface area contributed by atoms with Gasteiger partial charge in [-0.1, -0.05) is 23.2 Å². The summed E-state index contributed by atoms with van der Waals surface area (Å²) in [5.41, 5.74) is 3.17. The maximum atomic E-state index is 10.8. The number of nitrogens with zero attached hydrogens (tertiary/aromatic N) is 5. The summed E-state index contributed by atoms with van der Waals surface area (Å²) in [6.45, 7) is 1.17. The van der Waals surface area contributed by atoms with E-state index in [2.05, 4.69) is 26.0 Å². The van der Waals surface area contributed by atoms with Gasteiger partial charge in [0.15, 0.2) is 5.82 Å². The molecule has 0 spiro atoms. The molecule has 0 unspecified atom stereocenters. The molecule has 0 bridgehead atoms. The molecule has 0 fully saturated rings. The number of aromatic nitrogens is 4.